The molecule has 1 rings (SSSR count). The molecule has 1 aromatic heterocycles. The number of hydrogen-bond acceptors (Lipinski definition) is 4. The van der Waals surface area contributed by atoms with Crippen LogP contribution in [0.3, 0.4) is 0 Å². The summed E-state index contributed by atoms with van der Waals surface area (Å²) < 4.78 is 0. The minimum atomic E-state index is -0.873. The fourth-order valence-electron chi connectivity index (χ4n) is 0.797. The Balaban J connectivity index is 2.81. The van der Waals surface area contributed by atoms with Crippen molar-refractivity contribution in [2.75, 3.05) is 0 Å². The maximum Gasteiger partial charge on any atom is 0.316 e. The van der Waals surface area contributed by atoms with Crippen LogP contribution in [0.25, 0.3) is 0 Å². The zero-order valence-electron chi connectivity index (χ0n) is 7.69. The van der Waals surface area contributed by atoms with Crippen molar-refractivity contribution >= 4 is 29.3 Å². The standard InChI is InChI=1S/C8H9ClN2O2S/c1-4(8(12)13)14-7-3-6(9)10-5(2)11-7/h3-4H,1-2H3,(H,12,13). The van der Waals surface area contributed by atoms with E-state index in [4.69, 9.17) is 16.7 Å². The Morgan fingerprint density at radius 1 is 1.64 bits per heavy atom. The van der Waals surface area contributed by atoms with Gasteiger partial charge in [-0.05, 0) is 13.8 Å². The van der Waals surface area contributed by atoms with Gasteiger partial charge < -0.3 is 5.11 Å². The van der Waals surface area contributed by atoms with Crippen LogP contribution in [0.15, 0.2) is 11.1 Å². The number of halogens is 1. The molecule has 1 unspecified atom stereocenters. The average Bonchev–Trinajstić information content (AvgIpc) is 2.01. The van der Waals surface area contributed by atoms with E-state index in [0.717, 1.165) is 11.8 Å². The summed E-state index contributed by atoms with van der Waals surface area (Å²) in [5.41, 5.74) is 0. The third kappa shape index (κ3) is 3.16. The van der Waals surface area contributed by atoms with E-state index in [1.54, 1.807) is 19.9 Å². The highest BCUT2D eigenvalue weighted by molar-refractivity contribution is 8.00. The lowest BCUT2D eigenvalue weighted by molar-refractivity contribution is -0.136. The molecule has 1 N–H and O–H groups in total. The molecule has 0 saturated heterocycles. The second-order valence-corrected chi connectivity index (χ2v) is 4.42. The highest BCUT2D eigenvalue weighted by Gasteiger charge is 2.13. The molecule has 14 heavy (non-hydrogen) atoms. The van der Waals surface area contributed by atoms with Crippen LogP contribution >= 0.6 is 23.4 Å². The first-order valence-electron chi connectivity index (χ1n) is 3.89. The second-order valence-electron chi connectivity index (χ2n) is 2.67. The van der Waals surface area contributed by atoms with Gasteiger partial charge in [0.15, 0.2) is 0 Å². The van der Waals surface area contributed by atoms with E-state index in [2.05, 4.69) is 9.97 Å². The maximum atomic E-state index is 10.6. The molecule has 0 aromatic carbocycles. The Morgan fingerprint density at radius 3 is 2.79 bits per heavy atom. The predicted octanol–water partition coefficient (Wildman–Crippen LogP) is 2.00. The number of aryl methyl sites for hydroxylation is 1. The molecule has 1 aromatic rings. The molecule has 0 amide bonds. The fourth-order valence-corrected chi connectivity index (χ4v) is 1.92. The van der Waals surface area contributed by atoms with Crippen LogP contribution in [-0.2, 0) is 4.79 Å². The van der Waals surface area contributed by atoms with Crippen LogP contribution in [0, 0.1) is 6.92 Å². The quantitative estimate of drug-likeness (QED) is 0.638. The first-order chi connectivity index (χ1) is 6.49. The van der Waals surface area contributed by atoms with Crippen LogP contribution in [-0.4, -0.2) is 26.3 Å². The molecule has 0 fully saturated rings. The van der Waals surface area contributed by atoms with Crippen LogP contribution in [0.4, 0.5) is 0 Å². The van der Waals surface area contributed by atoms with Gasteiger partial charge in [0.1, 0.15) is 21.3 Å². The smallest absolute Gasteiger partial charge is 0.316 e. The second kappa shape index (κ2) is 4.61. The molecular formula is C8H9ClN2O2S. The monoisotopic (exact) mass is 232 g/mol. The molecule has 6 heteroatoms. The zero-order chi connectivity index (χ0) is 10.7. The zero-order valence-corrected chi connectivity index (χ0v) is 9.26. The van der Waals surface area contributed by atoms with Crippen molar-refractivity contribution in [1.82, 2.24) is 9.97 Å². The molecule has 0 saturated carbocycles. The van der Waals surface area contributed by atoms with Crippen molar-refractivity contribution in [3.05, 3.63) is 17.0 Å². The number of carbonyl (C=O) groups is 1. The summed E-state index contributed by atoms with van der Waals surface area (Å²) in [6, 6.07) is 1.55. The molecule has 0 spiro atoms. The van der Waals surface area contributed by atoms with Crippen molar-refractivity contribution in [3.8, 4) is 0 Å². The van der Waals surface area contributed by atoms with Crippen molar-refractivity contribution in [3.63, 3.8) is 0 Å². The van der Waals surface area contributed by atoms with Gasteiger partial charge in [0.2, 0.25) is 0 Å². The molecule has 1 heterocycles. The first-order valence-corrected chi connectivity index (χ1v) is 5.15. The third-order valence-corrected chi connectivity index (χ3v) is 2.63. The van der Waals surface area contributed by atoms with Crippen LogP contribution in [0.2, 0.25) is 5.15 Å². The number of rotatable bonds is 3. The fraction of sp³-hybridized carbons (Fsp3) is 0.375. The van der Waals surface area contributed by atoms with Crippen molar-refractivity contribution in [1.29, 1.82) is 0 Å². The van der Waals surface area contributed by atoms with Gasteiger partial charge in [-0.25, -0.2) is 9.97 Å². The number of aliphatic carboxylic acids is 1. The Hall–Kier alpha value is -0.810. The van der Waals surface area contributed by atoms with E-state index >= 15 is 0 Å². The third-order valence-electron chi connectivity index (χ3n) is 1.43. The Kier molecular flexibility index (Phi) is 3.71. The van der Waals surface area contributed by atoms with Crippen LogP contribution in [0.1, 0.15) is 12.7 Å². The van der Waals surface area contributed by atoms with E-state index in [-0.39, 0.29) is 0 Å². The Bertz CT molecular complexity index is 339. The van der Waals surface area contributed by atoms with Crippen molar-refractivity contribution in [2.45, 2.75) is 24.1 Å². The molecule has 0 bridgehead atoms. The molecule has 4 nitrogen and oxygen atoms in total. The average molecular weight is 233 g/mol. The molecule has 0 aliphatic carbocycles. The summed E-state index contributed by atoms with van der Waals surface area (Å²) in [6.07, 6.45) is 0. The normalized spacial score (nSPS) is 12.5. The summed E-state index contributed by atoms with van der Waals surface area (Å²) in [4.78, 5) is 18.5. The number of nitrogens with zero attached hydrogens (tertiary/aromatic N) is 2. The first kappa shape index (κ1) is 11.3. The molecular weight excluding hydrogens is 224 g/mol. The summed E-state index contributed by atoms with van der Waals surface area (Å²) in [7, 11) is 0. The highest BCUT2D eigenvalue weighted by Crippen LogP contribution is 2.23. The maximum absolute atomic E-state index is 10.6. The van der Waals surface area contributed by atoms with Crippen LogP contribution < -0.4 is 0 Å². The van der Waals surface area contributed by atoms with Crippen molar-refractivity contribution in [2.24, 2.45) is 0 Å². The van der Waals surface area contributed by atoms with E-state index in [0.29, 0.717) is 16.0 Å². The summed E-state index contributed by atoms with van der Waals surface area (Å²) in [6.45, 7) is 3.31. The number of carboxylic acids is 1. The summed E-state index contributed by atoms with van der Waals surface area (Å²) in [5.74, 6) is -0.333. The number of carboxylic acid groups (broad SMARTS) is 1. The highest BCUT2D eigenvalue weighted by atomic mass is 35.5. The van der Waals surface area contributed by atoms with Gasteiger partial charge in [-0.2, -0.15) is 0 Å². The number of hydrogen-bond donors (Lipinski definition) is 1. The van der Waals surface area contributed by atoms with Gasteiger partial charge in [0, 0.05) is 6.07 Å². The molecule has 1 atom stereocenters. The van der Waals surface area contributed by atoms with Crippen molar-refractivity contribution < 1.29 is 9.90 Å². The minimum Gasteiger partial charge on any atom is -0.480 e. The molecule has 0 radical (unpaired) electrons. The predicted molar refractivity (Wildman–Crippen MR) is 54.7 cm³/mol. The summed E-state index contributed by atoms with van der Waals surface area (Å²) in [5, 5.41) is 9.06. The SMILES string of the molecule is Cc1nc(Cl)cc(SC(C)C(=O)O)n1. The van der Waals surface area contributed by atoms with Gasteiger partial charge >= 0.3 is 5.97 Å². The molecule has 76 valence electrons. The number of thioether (sulfide) groups is 1. The van der Waals surface area contributed by atoms with Gasteiger partial charge in [-0.15, -0.1) is 0 Å². The number of aromatic nitrogens is 2. The lowest BCUT2D eigenvalue weighted by Gasteiger charge is -2.05. The van der Waals surface area contributed by atoms with E-state index in [1.807, 2.05) is 0 Å². The van der Waals surface area contributed by atoms with E-state index in [1.165, 1.54) is 0 Å². The van der Waals surface area contributed by atoms with E-state index < -0.39 is 11.2 Å². The lowest BCUT2D eigenvalue weighted by Crippen LogP contribution is -2.11. The lowest BCUT2D eigenvalue weighted by atomic mass is 10.5. The van der Waals surface area contributed by atoms with Gasteiger partial charge in [0.05, 0.1) is 0 Å². The Morgan fingerprint density at radius 2 is 2.29 bits per heavy atom. The van der Waals surface area contributed by atoms with Crippen LogP contribution in [0.5, 0.6) is 0 Å². The van der Waals surface area contributed by atoms with Gasteiger partial charge in [0.25, 0.3) is 0 Å². The van der Waals surface area contributed by atoms with Gasteiger partial charge in [-0.3, -0.25) is 4.79 Å². The largest absolute Gasteiger partial charge is 0.480 e. The summed E-state index contributed by atoms with van der Waals surface area (Å²) >= 11 is 6.85. The topological polar surface area (TPSA) is 63.1 Å². The van der Waals surface area contributed by atoms with Gasteiger partial charge in [-0.1, -0.05) is 23.4 Å². The minimum absolute atomic E-state index is 0.331. The molecule has 0 aliphatic rings. The Labute approximate surface area is 90.7 Å². The molecule has 0 aliphatic heterocycles. The van der Waals surface area contributed by atoms with E-state index in [9.17, 15) is 4.79 Å².